The van der Waals surface area contributed by atoms with E-state index in [1.165, 1.54) is 45.4 Å². The fourth-order valence-corrected chi connectivity index (χ4v) is 9.44. The maximum Gasteiger partial charge on any atom is 0.305 e. The van der Waals surface area contributed by atoms with E-state index in [0.29, 0.717) is 56.3 Å². The zero-order chi connectivity index (χ0) is 73.1. The molecule has 36 nitrogen and oxygen atoms in total. The summed E-state index contributed by atoms with van der Waals surface area (Å²) in [5.41, 5.74) is 3.23. The van der Waals surface area contributed by atoms with Gasteiger partial charge in [-0.3, -0.25) is 83.1 Å². The number of carbonyl (C=O) groups is 15. The summed E-state index contributed by atoms with van der Waals surface area (Å²) in [7, 11) is 0. The van der Waals surface area contributed by atoms with Crippen molar-refractivity contribution in [3.05, 3.63) is 54.1 Å². The number of aliphatic carboxylic acids is 2. The number of rotatable bonds is 48. The Morgan fingerprint density at radius 3 is 1.66 bits per heavy atom. The largest absolute Gasteiger partial charge is 0.481 e. The molecule has 0 bridgehead atoms. The molecule has 544 valence electrons. The summed E-state index contributed by atoms with van der Waals surface area (Å²) in [4.78, 5) is 204. The van der Waals surface area contributed by atoms with Gasteiger partial charge in [0.2, 0.25) is 70.6 Å². The molecule has 2 aromatic rings. The highest BCUT2D eigenvalue weighted by atomic mass is 16.4. The van der Waals surface area contributed by atoms with Gasteiger partial charge in [-0.2, -0.15) is 0 Å². The average Bonchev–Trinajstić information content (AvgIpc) is 1.13. The maximum atomic E-state index is 14.2. The van der Waals surface area contributed by atoms with Crippen LogP contribution < -0.4 is 69.8 Å². The molecular formula is C61H99N15O21. The number of ketones is 3. The molecule has 10 amide bonds. The third-order valence-electron chi connectivity index (χ3n) is 15.1. The Hall–Kier alpha value is -9.20. The van der Waals surface area contributed by atoms with Crippen LogP contribution in [-0.4, -0.2) is 234 Å². The first-order chi connectivity index (χ1) is 45.8. The van der Waals surface area contributed by atoms with Crippen LogP contribution in [0.5, 0.6) is 0 Å². The molecule has 0 fully saturated rings. The smallest absolute Gasteiger partial charge is 0.305 e. The number of amides is 10. The van der Waals surface area contributed by atoms with Crippen molar-refractivity contribution in [1.82, 2.24) is 73.9 Å². The fourth-order valence-electron chi connectivity index (χ4n) is 9.44. The Bertz CT molecular complexity index is 2990. The molecule has 1 aromatic carbocycles. The van der Waals surface area contributed by atoms with E-state index in [2.05, 4.69) is 73.9 Å². The van der Waals surface area contributed by atoms with Crippen molar-refractivity contribution in [3.63, 3.8) is 0 Å². The van der Waals surface area contributed by atoms with Crippen molar-refractivity contribution < 1.29 is 105 Å². The molecule has 0 saturated carbocycles. The molecule has 1 heterocycles. The number of carbonyl (C=O) groups excluding carboxylic acids is 13. The second kappa shape index (κ2) is 43.8. The van der Waals surface area contributed by atoms with Gasteiger partial charge in [-0.25, -0.2) is 10.4 Å². The van der Waals surface area contributed by atoms with Crippen LogP contribution in [0, 0.1) is 11.8 Å². The van der Waals surface area contributed by atoms with Gasteiger partial charge in [0, 0.05) is 52.9 Å². The van der Waals surface area contributed by atoms with E-state index >= 15 is 0 Å². The van der Waals surface area contributed by atoms with Crippen LogP contribution in [-0.2, 0) is 84.8 Å². The Morgan fingerprint density at radius 2 is 1.11 bits per heavy atom. The first kappa shape index (κ1) is 83.9. The summed E-state index contributed by atoms with van der Waals surface area (Å²) >= 11 is 0. The molecule has 13 atom stereocenters. The van der Waals surface area contributed by atoms with E-state index in [4.69, 9.17) is 5.84 Å². The zero-order valence-corrected chi connectivity index (χ0v) is 55.3. The number of nitrogens with zero attached hydrogens (tertiary/aromatic N) is 1. The fraction of sp³-hybridized carbons (Fsp3) is 0.607. The van der Waals surface area contributed by atoms with Crippen molar-refractivity contribution in [3.8, 4) is 0 Å². The monoisotopic (exact) mass is 1380 g/mol. The number of aliphatic hydroxyl groups excluding tert-OH is 4. The van der Waals surface area contributed by atoms with Gasteiger partial charge in [0.25, 0.3) is 0 Å². The van der Waals surface area contributed by atoms with Crippen LogP contribution in [0.4, 0.5) is 0 Å². The molecule has 0 spiro atoms. The summed E-state index contributed by atoms with van der Waals surface area (Å²) in [5.74, 6) is -12.2. The number of nitrogens with one attached hydrogen (secondary N) is 13. The van der Waals surface area contributed by atoms with Gasteiger partial charge >= 0.3 is 11.9 Å². The quantitative estimate of drug-likeness (QED) is 0.0127. The number of aromatic amines is 1. The second-order valence-electron chi connectivity index (χ2n) is 23.4. The van der Waals surface area contributed by atoms with E-state index in [9.17, 15) is 103 Å². The summed E-state index contributed by atoms with van der Waals surface area (Å²) in [6.45, 7) is 6.71. The lowest BCUT2D eigenvalue weighted by Gasteiger charge is -2.28. The third kappa shape index (κ3) is 30.2. The lowest BCUT2D eigenvalue weighted by atomic mass is 9.92. The minimum atomic E-state index is -2.07. The number of carboxylic acid groups (broad SMARTS) is 2. The van der Waals surface area contributed by atoms with Crippen LogP contribution in [0.3, 0.4) is 0 Å². The molecule has 2 rings (SSSR count). The van der Waals surface area contributed by atoms with Crippen LogP contribution in [0.1, 0.15) is 120 Å². The number of aliphatic hydroxyl groups is 4. The number of carboxylic acids is 2. The average molecular weight is 1380 g/mol. The lowest BCUT2D eigenvalue weighted by molar-refractivity contribution is -0.143. The predicted molar refractivity (Wildman–Crippen MR) is 346 cm³/mol. The number of hydrazine groups is 1. The first-order valence-corrected chi connectivity index (χ1v) is 31.6. The third-order valence-corrected chi connectivity index (χ3v) is 15.1. The lowest BCUT2D eigenvalue weighted by Crippen LogP contribution is -2.63. The van der Waals surface area contributed by atoms with E-state index in [-0.39, 0.29) is 27.4 Å². The molecule has 3 unspecified atom stereocenters. The molecule has 97 heavy (non-hydrogen) atoms. The highest BCUT2D eigenvalue weighted by Gasteiger charge is 2.39. The van der Waals surface area contributed by atoms with Gasteiger partial charge in [0.05, 0.1) is 63.3 Å². The van der Waals surface area contributed by atoms with E-state index < -0.39 is 207 Å². The normalized spacial score (nSPS) is 15.2. The topological polar surface area (TPSA) is 576 Å². The number of aromatic nitrogens is 2. The van der Waals surface area contributed by atoms with Gasteiger partial charge < -0.3 is 88.8 Å². The SMILES string of the molecule is CCCC(=O)NCCCC[C@H](CC)C(=O)CN[C@@H](CO)C(=O)C(=O)[C@@H](NC(=O)C(CC(=O)O)NC(=O)[C@H](CO)NC(=O)[C@@H](NC(=O)[C@H](Cc1ccccc1)NC(=O)[C@@H](NC(=O)CNC(=O)C(CCC(=O)O)NC(=O)[C@H](C)NC(=O)C(Cc1cnc[nH]1)NN)[C@@H](C)O)[C@@H](C)O)C(C)C.[HH].[HH]. The van der Waals surface area contributed by atoms with Gasteiger partial charge in [0.1, 0.15) is 54.1 Å². The standard InChI is InChI=1S/C61H95N15O21.2H2/c1-8-15-45(82)64-21-14-13-18-36(9-2)44(81)26-65-42(28-77)52(88)53(89)49(31(3)4)74-57(93)40(24-48(86)87)70-59(95)43(29-78)72-61(97)51(34(7)80)75-56(92)39(22-35-16-11-10-12-17-35)71-60(96)50(33(6)79)73-46(83)27-66-55(91)38(19-20-47(84)85)69-54(90)32(5)68-58(94)41(76-62)23-37-25-63-30-67-37;;/h10-12,16-17,25,30-34,36,38-43,49-51,65,76-80H,8-9,13-15,18-24,26-29,62H2,1-7H3,(H,63,67)(H,64,82)(H,66,91)(H,68,94)(H,69,90)(H,70,95)(H,71,96)(H,72,97)(H,73,83)(H,74,93)(H,75,92)(H,84,85)(H,86,87);2*1H/t32-,33+,34+,36-,38?,39-,40?,41?,42-,43-,49-,50-,51-;;/m0../s1. The van der Waals surface area contributed by atoms with Crippen molar-refractivity contribution in [2.24, 2.45) is 17.7 Å². The Balaban J connectivity index is 0.0000480. The van der Waals surface area contributed by atoms with Crippen molar-refractivity contribution in [2.75, 3.05) is 32.8 Å². The maximum absolute atomic E-state index is 14.2. The minimum absolute atomic E-state index is 0. The molecule has 0 aliphatic rings. The molecule has 0 aliphatic heterocycles. The number of benzene rings is 1. The Morgan fingerprint density at radius 1 is 0.546 bits per heavy atom. The molecule has 0 radical (unpaired) electrons. The van der Waals surface area contributed by atoms with E-state index in [1.807, 2.05) is 6.92 Å². The molecule has 0 aliphatic carbocycles. The highest BCUT2D eigenvalue weighted by molar-refractivity contribution is 6.41. The number of nitrogens with two attached hydrogens (primary N) is 1. The van der Waals surface area contributed by atoms with Crippen LogP contribution in [0.2, 0.25) is 0 Å². The number of unbranched alkanes of at least 4 members (excludes halogenated alkanes) is 1. The van der Waals surface area contributed by atoms with Gasteiger partial charge in [-0.1, -0.05) is 64.4 Å². The number of imidazole rings is 1. The number of H-pyrrole nitrogens is 1. The van der Waals surface area contributed by atoms with Gasteiger partial charge in [-0.15, -0.1) is 0 Å². The van der Waals surface area contributed by atoms with Gasteiger partial charge in [-0.05, 0) is 64.4 Å². The van der Waals surface area contributed by atoms with Crippen molar-refractivity contribution >= 4 is 88.4 Å². The summed E-state index contributed by atoms with van der Waals surface area (Å²) in [5, 5.41) is 86.6. The van der Waals surface area contributed by atoms with Gasteiger partial charge in [0.15, 0.2) is 0 Å². The molecule has 36 heteroatoms. The summed E-state index contributed by atoms with van der Waals surface area (Å²) in [6.07, 6.45) is -0.177. The molecule has 21 N–H and O–H groups in total. The molecule has 0 saturated heterocycles. The second-order valence-corrected chi connectivity index (χ2v) is 23.4. The summed E-state index contributed by atoms with van der Waals surface area (Å²) < 4.78 is 0. The molecular weight excluding hydrogens is 1280 g/mol. The molecule has 1 aromatic heterocycles. The van der Waals surface area contributed by atoms with Crippen LogP contribution in [0.15, 0.2) is 42.9 Å². The van der Waals surface area contributed by atoms with Crippen LogP contribution in [0.25, 0.3) is 0 Å². The van der Waals surface area contributed by atoms with E-state index in [1.54, 1.807) is 25.1 Å². The van der Waals surface area contributed by atoms with Crippen molar-refractivity contribution in [1.29, 1.82) is 0 Å². The van der Waals surface area contributed by atoms with E-state index in [0.717, 1.165) is 13.8 Å². The minimum Gasteiger partial charge on any atom is -0.481 e. The predicted octanol–water partition coefficient (Wildman–Crippen LogP) is -5.95. The number of Topliss-reactive ketones (excluding diaryl/α,β-unsaturated/α-hetero) is 3. The van der Waals surface area contributed by atoms with Crippen LogP contribution >= 0.6 is 0 Å². The number of hydrogen-bond acceptors (Lipinski definition) is 23. The Kier molecular flexibility index (Phi) is 37.9. The number of hydrogen-bond donors (Lipinski definition) is 20. The zero-order valence-electron chi connectivity index (χ0n) is 55.3. The van der Waals surface area contributed by atoms with Crippen molar-refractivity contribution in [2.45, 2.75) is 192 Å². The summed E-state index contributed by atoms with van der Waals surface area (Å²) in [6, 6.07) is -9.19. The Labute approximate surface area is 562 Å². The highest BCUT2D eigenvalue weighted by Crippen LogP contribution is 2.15. The first-order valence-electron chi connectivity index (χ1n) is 31.6.